The number of benzene rings is 2. The lowest BCUT2D eigenvalue weighted by molar-refractivity contribution is -0.120. The van der Waals surface area contributed by atoms with Crippen LogP contribution >= 0.6 is 0 Å². The van der Waals surface area contributed by atoms with Crippen LogP contribution in [0.15, 0.2) is 48.5 Å². The zero-order chi connectivity index (χ0) is 15.5. The smallest absolute Gasteiger partial charge is 0.230 e. The van der Waals surface area contributed by atoms with Crippen LogP contribution in [0.2, 0.25) is 0 Å². The second-order valence-electron chi connectivity index (χ2n) is 5.80. The topological polar surface area (TPSA) is 29.5 Å². The van der Waals surface area contributed by atoms with E-state index >= 15 is 0 Å². The van der Waals surface area contributed by atoms with E-state index in [-0.39, 0.29) is 11.8 Å². The molecule has 0 bridgehead atoms. The second kappa shape index (κ2) is 6.22. The third-order valence-corrected chi connectivity index (χ3v) is 4.43. The molecule has 22 heavy (non-hydrogen) atoms. The van der Waals surface area contributed by atoms with Gasteiger partial charge in [-0.3, -0.25) is 4.79 Å². The van der Waals surface area contributed by atoms with Crippen LogP contribution in [0.1, 0.15) is 17.5 Å². The lowest BCUT2D eigenvalue weighted by Gasteiger charge is -2.17. The van der Waals surface area contributed by atoms with E-state index in [1.165, 1.54) is 11.1 Å². The van der Waals surface area contributed by atoms with Crippen molar-refractivity contribution in [3.63, 3.8) is 0 Å². The molecule has 1 atom stereocenters. The summed E-state index contributed by atoms with van der Waals surface area (Å²) in [4.78, 5) is 14.6. The van der Waals surface area contributed by atoms with E-state index in [2.05, 4.69) is 19.1 Å². The fraction of sp³-hybridized carbons (Fsp3) is 0.316. The second-order valence-corrected chi connectivity index (χ2v) is 5.80. The van der Waals surface area contributed by atoms with Gasteiger partial charge in [0.25, 0.3) is 0 Å². The molecule has 0 N–H and O–H groups in total. The maximum atomic E-state index is 12.7. The number of nitrogens with zero attached hydrogens (tertiary/aromatic N) is 1. The summed E-state index contributed by atoms with van der Waals surface area (Å²) in [5.74, 6) is 1.13. The van der Waals surface area contributed by atoms with Crippen molar-refractivity contribution in [1.29, 1.82) is 0 Å². The molecule has 3 rings (SSSR count). The minimum Gasteiger partial charge on any atom is -0.497 e. The summed E-state index contributed by atoms with van der Waals surface area (Å²) in [6, 6.07) is 16.0. The van der Waals surface area contributed by atoms with Crippen LogP contribution < -0.4 is 9.64 Å². The van der Waals surface area contributed by atoms with Crippen molar-refractivity contribution in [3.8, 4) is 5.75 Å². The maximum absolute atomic E-state index is 12.7. The zero-order valence-corrected chi connectivity index (χ0v) is 13.1. The third-order valence-electron chi connectivity index (χ3n) is 4.43. The van der Waals surface area contributed by atoms with Crippen LogP contribution in [0.25, 0.3) is 0 Å². The van der Waals surface area contributed by atoms with Gasteiger partial charge in [-0.15, -0.1) is 0 Å². The van der Waals surface area contributed by atoms with Gasteiger partial charge in [-0.05, 0) is 55.2 Å². The fourth-order valence-corrected chi connectivity index (χ4v) is 3.05. The number of carbonyl (C=O) groups is 1. The molecule has 0 saturated carbocycles. The van der Waals surface area contributed by atoms with Gasteiger partial charge in [0.15, 0.2) is 0 Å². The van der Waals surface area contributed by atoms with Crippen LogP contribution in [-0.4, -0.2) is 19.6 Å². The number of amides is 1. The molecule has 0 radical (unpaired) electrons. The van der Waals surface area contributed by atoms with Crippen LogP contribution in [0, 0.1) is 12.8 Å². The summed E-state index contributed by atoms with van der Waals surface area (Å²) >= 11 is 0. The number of methoxy groups -OCH3 is 1. The summed E-state index contributed by atoms with van der Waals surface area (Å²) in [7, 11) is 1.65. The third kappa shape index (κ3) is 2.84. The van der Waals surface area contributed by atoms with Gasteiger partial charge < -0.3 is 9.64 Å². The van der Waals surface area contributed by atoms with Crippen molar-refractivity contribution >= 4 is 11.6 Å². The minimum atomic E-state index is 0.0863. The molecule has 0 aromatic heterocycles. The van der Waals surface area contributed by atoms with Gasteiger partial charge in [-0.2, -0.15) is 0 Å². The Hall–Kier alpha value is -2.29. The first-order valence-corrected chi connectivity index (χ1v) is 7.69. The van der Waals surface area contributed by atoms with Crippen molar-refractivity contribution in [2.75, 3.05) is 18.6 Å². The number of ether oxygens (including phenoxy) is 1. The highest BCUT2D eigenvalue weighted by atomic mass is 16.5. The molecule has 3 nitrogen and oxygen atoms in total. The summed E-state index contributed by atoms with van der Waals surface area (Å²) in [5.41, 5.74) is 3.49. The van der Waals surface area contributed by atoms with Gasteiger partial charge in [0.2, 0.25) is 5.91 Å². The van der Waals surface area contributed by atoms with Crippen LogP contribution in [0.5, 0.6) is 5.75 Å². The van der Waals surface area contributed by atoms with E-state index in [0.717, 1.165) is 30.8 Å². The van der Waals surface area contributed by atoms with Crippen LogP contribution in [0.4, 0.5) is 5.69 Å². The van der Waals surface area contributed by atoms with Gasteiger partial charge >= 0.3 is 0 Å². The van der Waals surface area contributed by atoms with E-state index in [1.807, 2.05) is 41.3 Å². The SMILES string of the molecule is COc1ccc(N2CCC(Cc3ccccc3C)C2=O)cc1. The first-order valence-electron chi connectivity index (χ1n) is 7.69. The standard InChI is InChI=1S/C19H21NO2/c1-14-5-3-4-6-15(14)13-16-11-12-20(19(16)21)17-7-9-18(22-2)10-8-17/h3-10,16H,11-13H2,1-2H3. The summed E-state index contributed by atoms with van der Waals surface area (Å²) in [6.45, 7) is 2.90. The molecule has 0 aliphatic carbocycles. The molecule has 1 fully saturated rings. The lowest BCUT2D eigenvalue weighted by atomic mass is 9.95. The van der Waals surface area contributed by atoms with Gasteiger partial charge in [-0.1, -0.05) is 24.3 Å². The molecule has 114 valence electrons. The Morgan fingerprint density at radius 2 is 1.86 bits per heavy atom. The van der Waals surface area contributed by atoms with Gasteiger partial charge in [0.1, 0.15) is 5.75 Å². The molecule has 0 spiro atoms. The highest BCUT2D eigenvalue weighted by molar-refractivity contribution is 5.97. The predicted molar refractivity (Wildman–Crippen MR) is 88.3 cm³/mol. The van der Waals surface area contributed by atoms with E-state index < -0.39 is 0 Å². The van der Waals surface area contributed by atoms with Crippen molar-refractivity contribution in [1.82, 2.24) is 0 Å². The average Bonchev–Trinajstić information content (AvgIpc) is 2.91. The molecular weight excluding hydrogens is 274 g/mol. The normalized spacial score (nSPS) is 17.8. The average molecular weight is 295 g/mol. The van der Waals surface area contributed by atoms with Gasteiger partial charge in [0.05, 0.1) is 7.11 Å². The zero-order valence-electron chi connectivity index (χ0n) is 13.1. The Kier molecular flexibility index (Phi) is 4.14. The highest BCUT2D eigenvalue weighted by Gasteiger charge is 2.32. The molecule has 1 aliphatic rings. The lowest BCUT2D eigenvalue weighted by Crippen LogP contribution is -2.27. The van der Waals surface area contributed by atoms with E-state index in [4.69, 9.17) is 4.74 Å². The molecule has 1 heterocycles. The number of carbonyl (C=O) groups excluding carboxylic acids is 1. The Balaban J connectivity index is 1.73. The highest BCUT2D eigenvalue weighted by Crippen LogP contribution is 2.29. The van der Waals surface area contributed by atoms with Crippen molar-refractivity contribution in [2.45, 2.75) is 19.8 Å². The fourth-order valence-electron chi connectivity index (χ4n) is 3.05. The largest absolute Gasteiger partial charge is 0.497 e. The van der Waals surface area contributed by atoms with Crippen LogP contribution in [-0.2, 0) is 11.2 Å². The van der Waals surface area contributed by atoms with Gasteiger partial charge in [0, 0.05) is 18.2 Å². The number of aryl methyl sites for hydroxylation is 1. The van der Waals surface area contributed by atoms with Crippen molar-refractivity contribution in [3.05, 3.63) is 59.7 Å². The van der Waals surface area contributed by atoms with E-state index in [1.54, 1.807) is 7.11 Å². The predicted octanol–water partition coefficient (Wildman–Crippen LogP) is 3.60. The Morgan fingerprint density at radius 3 is 2.55 bits per heavy atom. The van der Waals surface area contributed by atoms with Crippen molar-refractivity contribution in [2.24, 2.45) is 5.92 Å². The molecule has 2 aromatic rings. The first kappa shape index (κ1) is 14.6. The molecule has 1 saturated heterocycles. The quantitative estimate of drug-likeness (QED) is 0.862. The van der Waals surface area contributed by atoms with E-state index in [0.29, 0.717) is 0 Å². The number of hydrogen-bond acceptors (Lipinski definition) is 2. The monoisotopic (exact) mass is 295 g/mol. The maximum Gasteiger partial charge on any atom is 0.230 e. The molecule has 1 unspecified atom stereocenters. The molecular formula is C19H21NO2. The van der Waals surface area contributed by atoms with E-state index in [9.17, 15) is 4.79 Å². The molecule has 1 amide bonds. The molecule has 3 heteroatoms. The van der Waals surface area contributed by atoms with Crippen LogP contribution in [0.3, 0.4) is 0 Å². The summed E-state index contributed by atoms with van der Waals surface area (Å²) in [5, 5.41) is 0. The summed E-state index contributed by atoms with van der Waals surface area (Å²) in [6.07, 6.45) is 1.75. The molecule has 1 aliphatic heterocycles. The Morgan fingerprint density at radius 1 is 1.14 bits per heavy atom. The molecule has 2 aromatic carbocycles. The first-order chi connectivity index (χ1) is 10.7. The van der Waals surface area contributed by atoms with Crippen molar-refractivity contribution < 1.29 is 9.53 Å². The number of rotatable bonds is 4. The number of anilines is 1. The number of hydrogen-bond donors (Lipinski definition) is 0. The minimum absolute atomic E-state index is 0.0863. The van der Waals surface area contributed by atoms with Gasteiger partial charge in [-0.25, -0.2) is 0 Å². The Labute approximate surface area is 131 Å². The summed E-state index contributed by atoms with van der Waals surface area (Å²) < 4.78 is 5.17. The Bertz CT molecular complexity index is 663.